The van der Waals surface area contributed by atoms with E-state index in [1.54, 1.807) is 0 Å². The van der Waals surface area contributed by atoms with E-state index in [4.69, 9.17) is 17.0 Å². The van der Waals surface area contributed by atoms with Gasteiger partial charge in [0.15, 0.2) is 0 Å². The van der Waals surface area contributed by atoms with Gasteiger partial charge in [0, 0.05) is 5.92 Å². The summed E-state index contributed by atoms with van der Waals surface area (Å²) >= 11 is -0.826. The Bertz CT molecular complexity index is 334. The van der Waals surface area contributed by atoms with Crippen molar-refractivity contribution in [3.05, 3.63) is 41.5 Å². The Morgan fingerprint density at radius 1 is 1.20 bits per heavy atom. The number of allylic oxidation sites excluding steroid dienone is 1. The minimum atomic E-state index is -0.826. The van der Waals surface area contributed by atoms with Crippen LogP contribution in [0.3, 0.4) is 0 Å². The normalized spacial score (nSPS) is 17.0. The topological polar surface area (TPSA) is 0 Å². The Balaban J connectivity index is 0.000000337. The molecular formula is C12H14Cl2Zr. The van der Waals surface area contributed by atoms with Gasteiger partial charge in [-0.1, -0.05) is 50.3 Å². The fraction of sp³-hybridized carbons (Fsp3) is 0.333. The number of rotatable bonds is 1. The summed E-state index contributed by atoms with van der Waals surface area (Å²) in [6, 6.07) is 8.65. The van der Waals surface area contributed by atoms with Crippen molar-refractivity contribution in [1.29, 1.82) is 0 Å². The van der Waals surface area contributed by atoms with Crippen molar-refractivity contribution >= 4 is 23.1 Å². The second-order valence-corrected chi connectivity index (χ2v) is 7.56. The first kappa shape index (κ1) is 13.5. The Morgan fingerprint density at radius 3 is 2.40 bits per heavy atom. The summed E-state index contributed by atoms with van der Waals surface area (Å²) in [7, 11) is 9.87. The second-order valence-electron chi connectivity index (χ2n) is 3.83. The molecule has 0 N–H and O–H groups in total. The predicted octanol–water partition coefficient (Wildman–Crippen LogP) is 4.83. The molecule has 3 heteroatoms. The van der Waals surface area contributed by atoms with Crippen LogP contribution in [0.5, 0.6) is 0 Å². The molecule has 0 aliphatic heterocycles. The zero-order valence-corrected chi connectivity index (χ0v) is 12.8. The van der Waals surface area contributed by atoms with Gasteiger partial charge >= 0.3 is 37.9 Å². The van der Waals surface area contributed by atoms with Crippen molar-refractivity contribution in [3.8, 4) is 0 Å². The van der Waals surface area contributed by atoms with E-state index in [-0.39, 0.29) is 0 Å². The maximum absolute atomic E-state index is 4.93. The molecule has 1 aromatic rings. The van der Waals surface area contributed by atoms with Crippen LogP contribution in [0.2, 0.25) is 0 Å². The van der Waals surface area contributed by atoms with Gasteiger partial charge in [0.2, 0.25) is 0 Å². The molecule has 1 aliphatic rings. The quantitative estimate of drug-likeness (QED) is 0.695. The third kappa shape index (κ3) is 3.73. The van der Waals surface area contributed by atoms with E-state index in [1.165, 1.54) is 11.1 Å². The molecule has 0 radical (unpaired) electrons. The molecule has 1 unspecified atom stereocenters. The summed E-state index contributed by atoms with van der Waals surface area (Å²) < 4.78 is 0. The summed E-state index contributed by atoms with van der Waals surface area (Å²) in [4.78, 5) is 0. The molecule has 0 amide bonds. The fourth-order valence-corrected chi connectivity index (χ4v) is 1.86. The van der Waals surface area contributed by atoms with Gasteiger partial charge in [-0.3, -0.25) is 0 Å². The van der Waals surface area contributed by atoms with Crippen LogP contribution in [0.15, 0.2) is 30.3 Å². The van der Waals surface area contributed by atoms with Crippen LogP contribution in [-0.2, 0) is 20.8 Å². The van der Waals surface area contributed by atoms with E-state index < -0.39 is 20.8 Å². The first-order valence-corrected chi connectivity index (χ1v) is 11.3. The first-order valence-electron chi connectivity index (χ1n) is 4.94. The maximum atomic E-state index is 4.93. The molecule has 0 spiro atoms. The predicted molar refractivity (Wildman–Crippen MR) is 64.8 cm³/mol. The van der Waals surface area contributed by atoms with Gasteiger partial charge in [0.25, 0.3) is 0 Å². The van der Waals surface area contributed by atoms with Crippen LogP contribution in [-0.4, -0.2) is 0 Å². The zero-order chi connectivity index (χ0) is 11.3. The van der Waals surface area contributed by atoms with Crippen molar-refractivity contribution in [1.82, 2.24) is 0 Å². The van der Waals surface area contributed by atoms with E-state index in [2.05, 4.69) is 50.3 Å². The molecule has 0 nitrogen and oxygen atoms in total. The molecule has 80 valence electrons. The van der Waals surface area contributed by atoms with E-state index in [0.29, 0.717) is 11.8 Å². The average Bonchev–Trinajstić information content (AvgIpc) is 2.62. The summed E-state index contributed by atoms with van der Waals surface area (Å²) in [5, 5.41) is 0. The molecule has 0 saturated heterocycles. The number of benzene rings is 1. The number of fused-ring (bicyclic) bond motifs is 1. The molecule has 0 fully saturated rings. The molecule has 15 heavy (non-hydrogen) atoms. The summed E-state index contributed by atoms with van der Waals surface area (Å²) in [5.41, 5.74) is 2.89. The molecule has 1 aromatic carbocycles. The van der Waals surface area contributed by atoms with Crippen molar-refractivity contribution < 1.29 is 20.8 Å². The Hall–Kier alpha value is 0.423. The molecule has 2 rings (SSSR count). The van der Waals surface area contributed by atoms with Gasteiger partial charge in [-0.2, -0.15) is 0 Å². The van der Waals surface area contributed by atoms with Crippen LogP contribution >= 0.6 is 17.0 Å². The number of hydrogen-bond donors (Lipinski definition) is 0. The standard InChI is InChI=1S/C12H14.2ClH.Zr/c1-9(2)11-8-7-10-5-3-4-6-12(10)11;;;/h3-9,11H,1-2H3;2*1H;/q;;;+2/p-2. The SMILES string of the molecule is CC(C)C1C=Cc2ccccc21.[Cl][Zr][Cl]. The summed E-state index contributed by atoms with van der Waals surface area (Å²) in [6.45, 7) is 4.55. The van der Waals surface area contributed by atoms with E-state index in [1.807, 2.05) is 0 Å². The molecule has 0 saturated carbocycles. The zero-order valence-electron chi connectivity index (χ0n) is 8.87. The summed E-state index contributed by atoms with van der Waals surface area (Å²) in [6.07, 6.45) is 4.55. The fourth-order valence-electron chi connectivity index (χ4n) is 1.86. The molecule has 1 atom stereocenters. The van der Waals surface area contributed by atoms with Crippen LogP contribution in [0.1, 0.15) is 30.9 Å². The van der Waals surface area contributed by atoms with Crippen molar-refractivity contribution in [2.24, 2.45) is 5.92 Å². The van der Waals surface area contributed by atoms with Crippen LogP contribution in [0, 0.1) is 5.92 Å². The van der Waals surface area contributed by atoms with Gasteiger partial charge in [0.1, 0.15) is 0 Å². The first-order chi connectivity index (χ1) is 7.20. The number of halogens is 2. The van der Waals surface area contributed by atoms with Gasteiger partial charge in [-0.15, -0.1) is 0 Å². The second kappa shape index (κ2) is 6.89. The van der Waals surface area contributed by atoms with Crippen LogP contribution in [0.25, 0.3) is 6.08 Å². The third-order valence-electron chi connectivity index (χ3n) is 2.56. The minimum absolute atomic E-state index is 0.640. The summed E-state index contributed by atoms with van der Waals surface area (Å²) in [5.74, 6) is 1.35. The average molecular weight is 320 g/mol. The van der Waals surface area contributed by atoms with Crippen LogP contribution in [0.4, 0.5) is 0 Å². The number of hydrogen-bond acceptors (Lipinski definition) is 0. The van der Waals surface area contributed by atoms with E-state index in [0.717, 1.165) is 0 Å². The van der Waals surface area contributed by atoms with Crippen molar-refractivity contribution in [3.63, 3.8) is 0 Å². The van der Waals surface area contributed by atoms with Crippen LogP contribution < -0.4 is 0 Å². The molecule has 0 aromatic heterocycles. The molecule has 0 heterocycles. The molecule has 1 aliphatic carbocycles. The monoisotopic (exact) mass is 318 g/mol. The van der Waals surface area contributed by atoms with Gasteiger partial charge in [-0.05, 0) is 17.0 Å². The van der Waals surface area contributed by atoms with Gasteiger partial charge in [0.05, 0.1) is 0 Å². The molecule has 0 bridgehead atoms. The van der Waals surface area contributed by atoms with Crippen molar-refractivity contribution in [2.75, 3.05) is 0 Å². The Labute approximate surface area is 110 Å². The Morgan fingerprint density at radius 2 is 1.80 bits per heavy atom. The molecular weight excluding hydrogens is 306 g/mol. The van der Waals surface area contributed by atoms with Gasteiger partial charge < -0.3 is 0 Å². The van der Waals surface area contributed by atoms with Gasteiger partial charge in [-0.25, -0.2) is 0 Å². The van der Waals surface area contributed by atoms with E-state index >= 15 is 0 Å². The Kier molecular flexibility index (Phi) is 6.19. The third-order valence-corrected chi connectivity index (χ3v) is 2.56. The van der Waals surface area contributed by atoms with Crippen molar-refractivity contribution in [2.45, 2.75) is 19.8 Å². The van der Waals surface area contributed by atoms with E-state index in [9.17, 15) is 0 Å².